The highest BCUT2D eigenvalue weighted by atomic mass is 16.5. The molecule has 0 aliphatic carbocycles. The Hall–Kier alpha value is -2.19. The second-order valence-electron chi connectivity index (χ2n) is 6.90. The Morgan fingerprint density at radius 3 is 2.19 bits per heavy atom. The van der Waals surface area contributed by atoms with Gasteiger partial charge in [0.1, 0.15) is 23.7 Å². The van der Waals surface area contributed by atoms with Crippen LogP contribution in [0.4, 0.5) is 11.6 Å². The predicted octanol–water partition coefficient (Wildman–Crippen LogP) is 1.24. The van der Waals surface area contributed by atoms with E-state index < -0.39 is 0 Å². The van der Waals surface area contributed by atoms with Crippen LogP contribution in [0.2, 0.25) is 0 Å². The largest absolute Gasteiger partial charge is 0.378 e. The number of piperazine rings is 1. The van der Waals surface area contributed by atoms with Crippen molar-refractivity contribution in [3.63, 3.8) is 0 Å². The zero-order valence-corrected chi connectivity index (χ0v) is 15.5. The summed E-state index contributed by atoms with van der Waals surface area (Å²) in [5, 5.41) is 4.06. The molecule has 2 aliphatic heterocycles. The van der Waals surface area contributed by atoms with Crippen LogP contribution < -0.4 is 9.80 Å². The van der Waals surface area contributed by atoms with E-state index in [9.17, 15) is 0 Å². The highest BCUT2D eigenvalue weighted by Gasteiger charge is 2.22. The number of nitrogens with zero attached hydrogens (tertiary/aromatic N) is 6. The van der Waals surface area contributed by atoms with Gasteiger partial charge in [-0.3, -0.25) is 4.90 Å². The summed E-state index contributed by atoms with van der Waals surface area (Å²) in [6.07, 6.45) is 1.68. The smallest absolute Gasteiger partial charge is 0.138 e. The van der Waals surface area contributed by atoms with E-state index in [0.29, 0.717) is 0 Å². The minimum atomic E-state index is 0.764. The van der Waals surface area contributed by atoms with Gasteiger partial charge in [-0.1, -0.05) is 5.16 Å². The fraction of sp³-hybridized carbons (Fsp3) is 0.611. The summed E-state index contributed by atoms with van der Waals surface area (Å²) in [6, 6.07) is 2.11. The summed E-state index contributed by atoms with van der Waals surface area (Å²) in [5.74, 6) is 2.94. The number of aromatic nitrogens is 3. The maximum atomic E-state index is 5.43. The Morgan fingerprint density at radius 2 is 1.58 bits per heavy atom. The van der Waals surface area contributed by atoms with E-state index in [-0.39, 0.29) is 0 Å². The van der Waals surface area contributed by atoms with Gasteiger partial charge >= 0.3 is 0 Å². The maximum absolute atomic E-state index is 5.43. The molecule has 0 bridgehead atoms. The first-order chi connectivity index (χ1) is 12.7. The van der Waals surface area contributed by atoms with Crippen molar-refractivity contribution in [2.45, 2.75) is 20.4 Å². The second-order valence-corrected chi connectivity index (χ2v) is 6.90. The van der Waals surface area contributed by atoms with Gasteiger partial charge in [0, 0.05) is 57.4 Å². The molecule has 2 aromatic rings. The Labute approximate surface area is 153 Å². The van der Waals surface area contributed by atoms with Crippen LogP contribution in [-0.2, 0) is 11.3 Å². The summed E-state index contributed by atoms with van der Waals surface area (Å²) in [6.45, 7) is 12.1. The molecule has 0 N–H and O–H groups in total. The quantitative estimate of drug-likeness (QED) is 0.809. The van der Waals surface area contributed by atoms with Crippen molar-refractivity contribution in [3.05, 3.63) is 29.4 Å². The molecule has 140 valence electrons. The first-order valence-corrected chi connectivity index (χ1v) is 9.24. The fourth-order valence-electron chi connectivity index (χ4n) is 3.56. The first kappa shape index (κ1) is 17.2. The molecular formula is C18H26N6O2. The van der Waals surface area contributed by atoms with Crippen molar-refractivity contribution in [3.8, 4) is 0 Å². The molecule has 4 rings (SSSR count). The van der Waals surface area contributed by atoms with Crippen LogP contribution in [0, 0.1) is 13.8 Å². The van der Waals surface area contributed by atoms with Gasteiger partial charge in [0.2, 0.25) is 0 Å². The SMILES string of the molecule is Cc1noc(C)c1CN1CCN(c2cc(N3CCOCC3)ncn2)CC1. The number of rotatable bonds is 4. The zero-order valence-electron chi connectivity index (χ0n) is 15.5. The highest BCUT2D eigenvalue weighted by Crippen LogP contribution is 2.21. The lowest BCUT2D eigenvalue weighted by Gasteiger charge is -2.35. The molecule has 2 aliphatic rings. The third-order valence-corrected chi connectivity index (χ3v) is 5.23. The monoisotopic (exact) mass is 358 g/mol. The molecule has 0 saturated carbocycles. The van der Waals surface area contributed by atoms with Crippen LogP contribution in [0.5, 0.6) is 0 Å². The van der Waals surface area contributed by atoms with Crippen molar-refractivity contribution >= 4 is 11.6 Å². The lowest BCUT2D eigenvalue weighted by molar-refractivity contribution is 0.122. The normalized spacial score (nSPS) is 19.2. The first-order valence-electron chi connectivity index (χ1n) is 9.24. The van der Waals surface area contributed by atoms with Crippen LogP contribution >= 0.6 is 0 Å². The van der Waals surface area contributed by atoms with Crippen molar-refractivity contribution in [2.24, 2.45) is 0 Å². The molecule has 2 saturated heterocycles. The molecule has 2 aromatic heterocycles. The number of hydrogen-bond acceptors (Lipinski definition) is 8. The van der Waals surface area contributed by atoms with Crippen LogP contribution in [0.25, 0.3) is 0 Å². The molecule has 2 fully saturated rings. The number of ether oxygens (including phenoxy) is 1. The van der Waals surface area contributed by atoms with Crippen molar-refractivity contribution in [2.75, 3.05) is 62.3 Å². The van der Waals surface area contributed by atoms with E-state index in [4.69, 9.17) is 9.26 Å². The van der Waals surface area contributed by atoms with Gasteiger partial charge in [-0.25, -0.2) is 9.97 Å². The summed E-state index contributed by atoms with van der Waals surface area (Å²) < 4.78 is 10.7. The second kappa shape index (κ2) is 7.59. The molecule has 0 amide bonds. The summed E-state index contributed by atoms with van der Waals surface area (Å²) in [7, 11) is 0. The zero-order chi connectivity index (χ0) is 17.9. The van der Waals surface area contributed by atoms with E-state index in [2.05, 4.69) is 35.9 Å². The lowest BCUT2D eigenvalue weighted by Crippen LogP contribution is -2.46. The van der Waals surface area contributed by atoms with Crippen molar-refractivity contribution in [1.29, 1.82) is 0 Å². The maximum Gasteiger partial charge on any atom is 0.138 e. The van der Waals surface area contributed by atoms with Gasteiger partial charge in [0.15, 0.2) is 0 Å². The molecule has 0 atom stereocenters. The van der Waals surface area contributed by atoms with E-state index in [0.717, 1.165) is 82.1 Å². The summed E-state index contributed by atoms with van der Waals surface area (Å²) in [4.78, 5) is 16.0. The Kier molecular flexibility index (Phi) is 5.03. The molecule has 0 unspecified atom stereocenters. The highest BCUT2D eigenvalue weighted by molar-refractivity contribution is 5.50. The average molecular weight is 358 g/mol. The van der Waals surface area contributed by atoms with Crippen LogP contribution in [0.1, 0.15) is 17.0 Å². The van der Waals surface area contributed by atoms with Crippen LogP contribution in [0.15, 0.2) is 16.9 Å². The molecule has 26 heavy (non-hydrogen) atoms. The van der Waals surface area contributed by atoms with E-state index in [1.807, 2.05) is 13.8 Å². The molecular weight excluding hydrogens is 332 g/mol. The number of morpholine rings is 1. The summed E-state index contributed by atoms with van der Waals surface area (Å²) in [5.41, 5.74) is 2.21. The molecule has 0 radical (unpaired) electrons. The van der Waals surface area contributed by atoms with Gasteiger partial charge in [-0.05, 0) is 13.8 Å². The standard InChI is InChI=1S/C18H26N6O2/c1-14-16(15(2)26-21-14)12-22-3-5-23(6-4-22)17-11-18(20-13-19-17)24-7-9-25-10-8-24/h11,13H,3-10,12H2,1-2H3. The van der Waals surface area contributed by atoms with Crippen LogP contribution in [0.3, 0.4) is 0 Å². The minimum Gasteiger partial charge on any atom is -0.378 e. The fourth-order valence-corrected chi connectivity index (χ4v) is 3.56. The molecule has 8 nitrogen and oxygen atoms in total. The van der Waals surface area contributed by atoms with E-state index in [1.165, 1.54) is 5.56 Å². The number of hydrogen-bond donors (Lipinski definition) is 0. The van der Waals surface area contributed by atoms with E-state index >= 15 is 0 Å². The molecule has 4 heterocycles. The topological polar surface area (TPSA) is 70.8 Å². The Bertz CT molecular complexity index is 716. The van der Waals surface area contributed by atoms with Crippen LogP contribution in [-0.4, -0.2) is 72.5 Å². The number of aryl methyl sites for hydroxylation is 2. The molecule has 8 heteroatoms. The van der Waals surface area contributed by atoms with Crippen molar-refractivity contribution in [1.82, 2.24) is 20.0 Å². The lowest BCUT2D eigenvalue weighted by atomic mass is 10.2. The third kappa shape index (κ3) is 3.66. The van der Waals surface area contributed by atoms with Gasteiger partial charge in [0.25, 0.3) is 0 Å². The number of anilines is 2. The molecule has 0 spiro atoms. The third-order valence-electron chi connectivity index (χ3n) is 5.23. The van der Waals surface area contributed by atoms with Gasteiger partial charge in [-0.2, -0.15) is 0 Å². The Morgan fingerprint density at radius 1 is 0.923 bits per heavy atom. The minimum absolute atomic E-state index is 0.764. The van der Waals surface area contributed by atoms with Gasteiger partial charge < -0.3 is 19.1 Å². The summed E-state index contributed by atoms with van der Waals surface area (Å²) >= 11 is 0. The predicted molar refractivity (Wildman–Crippen MR) is 98.5 cm³/mol. The average Bonchev–Trinajstić information content (AvgIpc) is 3.01. The van der Waals surface area contributed by atoms with E-state index in [1.54, 1.807) is 6.33 Å². The van der Waals surface area contributed by atoms with Gasteiger partial charge in [-0.15, -0.1) is 0 Å². The van der Waals surface area contributed by atoms with Crippen molar-refractivity contribution < 1.29 is 9.26 Å². The Balaban J connectivity index is 1.37. The molecule has 0 aromatic carbocycles. The van der Waals surface area contributed by atoms with Gasteiger partial charge in [0.05, 0.1) is 18.9 Å².